The third-order valence-electron chi connectivity index (χ3n) is 5.50. The number of carbonyl (C=O) groups excluding carboxylic acids is 1. The zero-order valence-electron chi connectivity index (χ0n) is 17.8. The molecule has 2 aromatic carbocycles. The van der Waals surface area contributed by atoms with E-state index in [4.69, 9.17) is 32.5 Å². The zero-order chi connectivity index (χ0) is 23.7. The van der Waals surface area contributed by atoms with Gasteiger partial charge in [-0.3, -0.25) is 14.9 Å². The number of hydrogen-bond acceptors (Lipinski definition) is 7. The Kier molecular flexibility index (Phi) is 6.44. The van der Waals surface area contributed by atoms with Crippen molar-refractivity contribution in [1.82, 2.24) is 10.1 Å². The summed E-state index contributed by atoms with van der Waals surface area (Å²) < 4.78 is 10.8. The average molecular weight is 491 g/mol. The van der Waals surface area contributed by atoms with Crippen molar-refractivity contribution in [1.29, 1.82) is 0 Å². The minimum atomic E-state index is -0.669. The summed E-state index contributed by atoms with van der Waals surface area (Å²) in [5.74, 6) is 0.648. The van der Waals surface area contributed by atoms with Gasteiger partial charge >= 0.3 is 0 Å². The fourth-order valence-electron chi connectivity index (χ4n) is 3.85. The molecule has 1 saturated heterocycles. The lowest BCUT2D eigenvalue weighted by molar-refractivity contribution is -0.384. The van der Waals surface area contributed by atoms with Gasteiger partial charge in [0, 0.05) is 30.8 Å². The number of amides is 1. The summed E-state index contributed by atoms with van der Waals surface area (Å²) in [4.78, 5) is 27.4. The molecule has 33 heavy (non-hydrogen) atoms. The first-order valence-corrected chi connectivity index (χ1v) is 10.9. The molecule has 1 amide bonds. The van der Waals surface area contributed by atoms with Gasteiger partial charge in [0.2, 0.25) is 0 Å². The summed E-state index contributed by atoms with van der Waals surface area (Å²) in [6.45, 7) is 2.73. The Labute approximate surface area is 199 Å². The minimum Gasteiger partial charge on any atom is -0.496 e. The molecule has 0 N–H and O–H groups in total. The van der Waals surface area contributed by atoms with Gasteiger partial charge in [-0.1, -0.05) is 40.5 Å². The van der Waals surface area contributed by atoms with Gasteiger partial charge in [0.15, 0.2) is 0 Å². The van der Waals surface area contributed by atoms with Crippen LogP contribution in [0.15, 0.2) is 47.0 Å². The van der Waals surface area contributed by atoms with Crippen molar-refractivity contribution >= 4 is 40.5 Å². The highest BCUT2D eigenvalue weighted by Crippen LogP contribution is 2.35. The second-order valence-electron chi connectivity index (χ2n) is 7.43. The third-order valence-corrected chi connectivity index (χ3v) is 6.18. The van der Waals surface area contributed by atoms with E-state index in [0.29, 0.717) is 53.7 Å². The van der Waals surface area contributed by atoms with E-state index >= 15 is 0 Å². The fraction of sp³-hybridized carbons (Fsp3) is 0.273. The van der Waals surface area contributed by atoms with Gasteiger partial charge < -0.3 is 19.1 Å². The number of hydrogen-bond donors (Lipinski definition) is 0. The molecule has 0 aliphatic carbocycles. The molecular weight excluding hydrogens is 471 g/mol. The van der Waals surface area contributed by atoms with E-state index < -0.39 is 10.4 Å². The predicted octanol–water partition coefficient (Wildman–Crippen LogP) is 4.75. The van der Waals surface area contributed by atoms with Crippen molar-refractivity contribution < 1.29 is 19.0 Å². The van der Waals surface area contributed by atoms with Crippen molar-refractivity contribution in [2.24, 2.45) is 0 Å². The molecule has 3 aromatic rings. The van der Waals surface area contributed by atoms with Crippen LogP contribution in [0.3, 0.4) is 0 Å². The largest absolute Gasteiger partial charge is 0.496 e. The monoisotopic (exact) mass is 490 g/mol. The summed E-state index contributed by atoms with van der Waals surface area (Å²) in [7, 11) is 1.55. The van der Waals surface area contributed by atoms with Gasteiger partial charge in [-0.15, -0.1) is 0 Å². The number of carbonyl (C=O) groups is 1. The molecule has 1 aliphatic heterocycles. The Balaban J connectivity index is 1.58. The molecule has 2 heterocycles. The van der Waals surface area contributed by atoms with E-state index in [1.807, 2.05) is 17.0 Å². The van der Waals surface area contributed by atoms with Crippen LogP contribution in [-0.4, -0.2) is 53.1 Å². The molecule has 1 atom stereocenters. The number of anilines is 1. The number of benzene rings is 2. The number of aryl methyl sites for hydroxylation is 1. The highest BCUT2D eigenvalue weighted by atomic mass is 35.5. The molecule has 1 unspecified atom stereocenters. The molecule has 4 rings (SSSR count). The number of halogens is 2. The van der Waals surface area contributed by atoms with Gasteiger partial charge in [0.05, 0.1) is 29.3 Å². The third kappa shape index (κ3) is 4.34. The molecule has 9 nitrogen and oxygen atoms in total. The summed E-state index contributed by atoms with van der Waals surface area (Å²) in [6.07, 6.45) is 0. The lowest BCUT2D eigenvalue weighted by atomic mass is 10.0. The van der Waals surface area contributed by atoms with Crippen LogP contribution in [0.4, 0.5) is 11.4 Å². The molecular formula is C22H20Cl2N4O5. The van der Waals surface area contributed by atoms with Crippen molar-refractivity contribution in [3.05, 3.63) is 68.9 Å². The second-order valence-corrected chi connectivity index (χ2v) is 8.35. The van der Waals surface area contributed by atoms with Gasteiger partial charge in [-0.05, 0) is 25.1 Å². The van der Waals surface area contributed by atoms with E-state index in [-0.39, 0.29) is 16.6 Å². The van der Waals surface area contributed by atoms with Crippen LogP contribution in [0.2, 0.25) is 5.02 Å². The first kappa shape index (κ1) is 22.9. The Morgan fingerprint density at radius 3 is 2.70 bits per heavy atom. The van der Waals surface area contributed by atoms with E-state index in [9.17, 15) is 14.9 Å². The lowest BCUT2D eigenvalue weighted by Crippen LogP contribution is -2.53. The smallest absolute Gasteiger partial charge is 0.271 e. The first-order valence-electron chi connectivity index (χ1n) is 10.1. The van der Waals surface area contributed by atoms with E-state index in [1.165, 1.54) is 12.1 Å². The molecule has 172 valence electrons. The average Bonchev–Trinajstić information content (AvgIpc) is 3.19. The predicted molar refractivity (Wildman–Crippen MR) is 124 cm³/mol. The molecule has 0 saturated carbocycles. The van der Waals surface area contributed by atoms with E-state index in [1.54, 1.807) is 37.1 Å². The number of ether oxygens (including phenoxy) is 1. The maximum Gasteiger partial charge on any atom is 0.271 e. The maximum absolute atomic E-state index is 13.5. The molecule has 0 spiro atoms. The Bertz CT molecular complexity index is 1220. The van der Waals surface area contributed by atoms with Crippen molar-refractivity contribution in [2.75, 3.05) is 31.6 Å². The van der Waals surface area contributed by atoms with Crippen LogP contribution in [0.25, 0.3) is 11.3 Å². The number of methoxy groups -OCH3 is 1. The van der Waals surface area contributed by atoms with E-state index in [2.05, 4.69) is 5.16 Å². The number of rotatable bonds is 5. The van der Waals surface area contributed by atoms with Crippen LogP contribution in [0.1, 0.15) is 16.1 Å². The van der Waals surface area contributed by atoms with Crippen LogP contribution >= 0.6 is 23.2 Å². The summed E-state index contributed by atoms with van der Waals surface area (Å²) in [5, 5.41) is 15.3. The number of alkyl halides is 1. The topological polar surface area (TPSA) is 102 Å². The Morgan fingerprint density at radius 2 is 2.03 bits per heavy atom. The van der Waals surface area contributed by atoms with Crippen molar-refractivity contribution in [2.45, 2.75) is 12.4 Å². The normalized spacial score (nSPS) is 16.1. The number of nitro benzene ring substituents is 1. The molecule has 1 fully saturated rings. The second kappa shape index (κ2) is 9.29. The fourth-order valence-corrected chi connectivity index (χ4v) is 4.49. The molecule has 0 radical (unpaired) electrons. The van der Waals surface area contributed by atoms with Crippen LogP contribution < -0.4 is 9.64 Å². The van der Waals surface area contributed by atoms with Crippen LogP contribution in [0.5, 0.6) is 5.75 Å². The van der Waals surface area contributed by atoms with Crippen LogP contribution in [-0.2, 0) is 0 Å². The summed E-state index contributed by atoms with van der Waals surface area (Å²) >= 11 is 12.9. The minimum absolute atomic E-state index is 0.0909. The molecule has 1 aliphatic rings. The number of piperazine rings is 1. The maximum atomic E-state index is 13.5. The number of nitro groups is 1. The van der Waals surface area contributed by atoms with Crippen molar-refractivity contribution in [3.63, 3.8) is 0 Å². The van der Waals surface area contributed by atoms with Gasteiger partial charge in [-0.2, -0.15) is 0 Å². The highest BCUT2D eigenvalue weighted by Gasteiger charge is 2.34. The molecule has 0 bridgehead atoms. The number of aromatic nitrogens is 1. The van der Waals surface area contributed by atoms with Gasteiger partial charge in [0.25, 0.3) is 11.6 Å². The molecule has 1 aromatic heterocycles. The Morgan fingerprint density at radius 1 is 1.27 bits per heavy atom. The SMILES string of the molecule is COc1ccccc1-c1noc(C)c1C(=O)N1CCN(c2ccc([N+](=O)[O-])cc2Cl)CC1Cl. The summed E-state index contributed by atoms with van der Waals surface area (Å²) in [5.41, 5.74) is 1.22. The number of non-ortho nitro benzene ring substituents is 1. The standard InChI is InChI=1S/C22H20Cl2N4O5/c1-13-20(21(25-33-13)15-5-3-4-6-18(15)32-2)22(29)27-10-9-26(12-19(27)24)17-8-7-14(28(30)31)11-16(17)23/h3-8,11,19H,9-10,12H2,1-2H3. The van der Waals surface area contributed by atoms with Gasteiger partial charge in [-0.25, -0.2) is 0 Å². The first-order chi connectivity index (χ1) is 15.8. The summed E-state index contributed by atoms with van der Waals surface area (Å²) in [6, 6.07) is 11.5. The van der Waals surface area contributed by atoms with E-state index in [0.717, 1.165) is 0 Å². The van der Waals surface area contributed by atoms with Crippen LogP contribution in [0, 0.1) is 17.0 Å². The van der Waals surface area contributed by atoms with Gasteiger partial charge in [0.1, 0.15) is 28.3 Å². The lowest BCUT2D eigenvalue weighted by Gasteiger charge is -2.39. The highest BCUT2D eigenvalue weighted by molar-refractivity contribution is 6.33. The quantitative estimate of drug-likeness (QED) is 0.220. The van der Waals surface area contributed by atoms with Crippen molar-refractivity contribution in [3.8, 4) is 17.0 Å². The zero-order valence-corrected chi connectivity index (χ0v) is 19.3. The Hall–Kier alpha value is -3.30. The molecule has 11 heteroatoms. The number of para-hydroxylation sites is 1. The number of nitrogens with zero attached hydrogens (tertiary/aromatic N) is 4.